The molecular weight excluding hydrogens is 214 g/mol. The van der Waals surface area contributed by atoms with Gasteiger partial charge in [0.15, 0.2) is 0 Å². The van der Waals surface area contributed by atoms with Crippen LogP contribution in [0, 0.1) is 5.92 Å². The van der Waals surface area contributed by atoms with Crippen molar-refractivity contribution < 1.29 is 0 Å². The highest BCUT2D eigenvalue weighted by atomic mass is 32.1. The molecule has 0 bridgehead atoms. The van der Waals surface area contributed by atoms with Gasteiger partial charge in [0.1, 0.15) is 0 Å². The number of nitrogens with two attached hydrogens (primary N) is 1. The largest absolute Gasteiger partial charge is 0.328 e. The molecule has 0 saturated carbocycles. The topological polar surface area (TPSA) is 26.0 Å². The van der Waals surface area contributed by atoms with Crippen molar-refractivity contribution in [2.24, 2.45) is 11.7 Å². The second-order valence-corrected chi connectivity index (χ2v) is 6.56. The minimum atomic E-state index is 0.331. The first-order valence-corrected chi connectivity index (χ1v) is 7.15. The first-order valence-electron chi connectivity index (χ1n) is 6.33. The molecule has 2 heteroatoms. The molecule has 0 fully saturated rings. The van der Waals surface area contributed by atoms with Crippen molar-refractivity contribution >= 4 is 11.3 Å². The van der Waals surface area contributed by atoms with Crippen LogP contribution in [0.4, 0.5) is 0 Å². The van der Waals surface area contributed by atoms with Crippen LogP contribution in [-0.2, 0) is 6.42 Å². The van der Waals surface area contributed by atoms with Crippen molar-refractivity contribution in [1.82, 2.24) is 0 Å². The maximum Gasteiger partial charge on any atom is 0.00763 e. The second-order valence-electron chi connectivity index (χ2n) is 5.36. The first-order chi connectivity index (χ1) is 7.49. The second kappa shape index (κ2) is 6.41. The molecule has 0 spiro atoms. The van der Waals surface area contributed by atoms with Gasteiger partial charge in [0.2, 0.25) is 0 Å². The van der Waals surface area contributed by atoms with E-state index in [9.17, 15) is 0 Å². The van der Waals surface area contributed by atoms with Gasteiger partial charge in [-0.15, -0.1) is 11.3 Å². The van der Waals surface area contributed by atoms with Gasteiger partial charge in [0, 0.05) is 15.8 Å². The predicted octanol–water partition coefficient (Wildman–Crippen LogP) is 4.18. The lowest BCUT2D eigenvalue weighted by atomic mass is 10.0. The summed E-state index contributed by atoms with van der Waals surface area (Å²) in [4.78, 5) is 3.05. The van der Waals surface area contributed by atoms with Gasteiger partial charge >= 0.3 is 0 Å². The number of rotatable bonds is 6. The van der Waals surface area contributed by atoms with Gasteiger partial charge in [0.25, 0.3) is 0 Å². The highest BCUT2D eigenvalue weighted by molar-refractivity contribution is 7.12. The van der Waals surface area contributed by atoms with E-state index < -0.39 is 0 Å². The summed E-state index contributed by atoms with van der Waals surface area (Å²) in [6.45, 7) is 8.95. The number of hydrogen-bond acceptors (Lipinski definition) is 2. The third-order valence-electron chi connectivity index (χ3n) is 2.83. The minimum Gasteiger partial charge on any atom is -0.328 e. The third kappa shape index (κ3) is 4.67. The summed E-state index contributed by atoms with van der Waals surface area (Å²) in [6, 6.07) is 4.92. The van der Waals surface area contributed by atoms with Crippen LogP contribution in [-0.4, -0.2) is 6.04 Å². The van der Waals surface area contributed by atoms with Gasteiger partial charge < -0.3 is 5.73 Å². The van der Waals surface area contributed by atoms with Gasteiger partial charge in [-0.1, -0.05) is 20.8 Å². The number of hydrogen-bond donors (Lipinski definition) is 1. The molecule has 1 aromatic heterocycles. The standard InChI is InChI=1S/C14H25NS/c1-10(2)9-13-7-8-14(16-13)11(3)5-6-12(4)15/h7-8,10-12H,5-6,9,15H2,1-4H3. The van der Waals surface area contributed by atoms with Crippen molar-refractivity contribution in [3.63, 3.8) is 0 Å². The molecule has 2 unspecified atom stereocenters. The lowest BCUT2D eigenvalue weighted by molar-refractivity contribution is 0.573. The molecule has 2 atom stereocenters. The fraction of sp³-hybridized carbons (Fsp3) is 0.714. The Bertz CT molecular complexity index is 301. The van der Waals surface area contributed by atoms with Crippen molar-refractivity contribution in [2.45, 2.75) is 58.9 Å². The maximum absolute atomic E-state index is 5.79. The van der Waals surface area contributed by atoms with E-state index in [1.165, 1.54) is 22.6 Å². The van der Waals surface area contributed by atoms with E-state index in [2.05, 4.69) is 39.8 Å². The highest BCUT2D eigenvalue weighted by Gasteiger charge is 2.10. The number of thiophene rings is 1. The monoisotopic (exact) mass is 239 g/mol. The third-order valence-corrected chi connectivity index (χ3v) is 4.17. The van der Waals surface area contributed by atoms with Crippen LogP contribution in [0.3, 0.4) is 0 Å². The molecule has 0 aliphatic carbocycles. The maximum atomic E-state index is 5.79. The molecule has 16 heavy (non-hydrogen) atoms. The summed E-state index contributed by atoms with van der Waals surface area (Å²) in [7, 11) is 0. The van der Waals surface area contributed by atoms with E-state index in [-0.39, 0.29) is 0 Å². The quantitative estimate of drug-likeness (QED) is 0.792. The van der Waals surface area contributed by atoms with Crippen LogP contribution in [0.1, 0.15) is 56.2 Å². The molecule has 0 aliphatic rings. The van der Waals surface area contributed by atoms with Crippen LogP contribution in [0.2, 0.25) is 0 Å². The van der Waals surface area contributed by atoms with Crippen LogP contribution < -0.4 is 5.73 Å². The molecule has 1 heterocycles. The minimum absolute atomic E-state index is 0.331. The molecule has 0 aromatic carbocycles. The average molecular weight is 239 g/mol. The van der Waals surface area contributed by atoms with E-state index in [4.69, 9.17) is 5.73 Å². The molecule has 0 radical (unpaired) electrons. The Kier molecular flexibility index (Phi) is 5.50. The Labute approximate surface area is 104 Å². The summed E-state index contributed by atoms with van der Waals surface area (Å²) in [5.74, 6) is 1.42. The normalized spacial score (nSPS) is 15.4. The van der Waals surface area contributed by atoms with Gasteiger partial charge in [-0.25, -0.2) is 0 Å². The zero-order valence-electron chi connectivity index (χ0n) is 11.0. The zero-order valence-corrected chi connectivity index (χ0v) is 11.8. The molecular formula is C14H25NS. The summed E-state index contributed by atoms with van der Waals surface area (Å²) in [5.41, 5.74) is 5.79. The van der Waals surface area contributed by atoms with E-state index in [0.717, 1.165) is 12.3 Å². The van der Waals surface area contributed by atoms with Gasteiger partial charge in [0.05, 0.1) is 0 Å². The van der Waals surface area contributed by atoms with Crippen LogP contribution in [0.15, 0.2) is 12.1 Å². The Morgan fingerprint density at radius 2 is 1.81 bits per heavy atom. The van der Waals surface area contributed by atoms with E-state index in [0.29, 0.717) is 12.0 Å². The Balaban J connectivity index is 2.49. The van der Waals surface area contributed by atoms with Crippen molar-refractivity contribution in [1.29, 1.82) is 0 Å². The molecule has 1 aromatic rings. The zero-order chi connectivity index (χ0) is 12.1. The lowest BCUT2D eigenvalue weighted by Crippen LogP contribution is -2.15. The van der Waals surface area contributed by atoms with Crippen molar-refractivity contribution in [3.05, 3.63) is 21.9 Å². The molecule has 1 rings (SSSR count). The summed E-state index contributed by atoms with van der Waals surface area (Å²) in [5, 5.41) is 0. The summed E-state index contributed by atoms with van der Waals surface area (Å²) in [6.07, 6.45) is 3.54. The Morgan fingerprint density at radius 1 is 1.12 bits per heavy atom. The molecule has 1 nitrogen and oxygen atoms in total. The van der Waals surface area contributed by atoms with Crippen LogP contribution in [0.5, 0.6) is 0 Å². The molecule has 0 aliphatic heterocycles. The fourth-order valence-corrected chi connectivity index (χ4v) is 3.14. The molecule has 0 amide bonds. The highest BCUT2D eigenvalue weighted by Crippen LogP contribution is 2.29. The SMILES string of the molecule is CC(C)Cc1ccc(C(C)CCC(C)N)s1. The molecule has 92 valence electrons. The average Bonchev–Trinajstić information content (AvgIpc) is 2.61. The fourth-order valence-electron chi connectivity index (χ4n) is 1.83. The van der Waals surface area contributed by atoms with E-state index in [1.54, 1.807) is 0 Å². The van der Waals surface area contributed by atoms with Crippen LogP contribution in [0.25, 0.3) is 0 Å². The lowest BCUT2D eigenvalue weighted by Gasteiger charge is -2.11. The van der Waals surface area contributed by atoms with Gasteiger partial charge in [-0.2, -0.15) is 0 Å². The van der Waals surface area contributed by atoms with Gasteiger partial charge in [-0.3, -0.25) is 0 Å². The molecule has 0 saturated heterocycles. The molecule has 2 N–H and O–H groups in total. The van der Waals surface area contributed by atoms with Gasteiger partial charge in [-0.05, 0) is 50.2 Å². The Hall–Kier alpha value is -0.340. The summed E-state index contributed by atoms with van der Waals surface area (Å²) >= 11 is 1.98. The summed E-state index contributed by atoms with van der Waals surface area (Å²) < 4.78 is 0. The predicted molar refractivity (Wildman–Crippen MR) is 74.2 cm³/mol. The first kappa shape index (κ1) is 13.7. The Morgan fingerprint density at radius 3 is 2.38 bits per heavy atom. The van der Waals surface area contributed by atoms with Crippen LogP contribution >= 0.6 is 11.3 Å². The van der Waals surface area contributed by atoms with E-state index in [1.807, 2.05) is 11.3 Å². The van der Waals surface area contributed by atoms with Crippen molar-refractivity contribution in [3.8, 4) is 0 Å². The smallest absolute Gasteiger partial charge is 0.00763 e. The van der Waals surface area contributed by atoms with E-state index >= 15 is 0 Å². The van der Waals surface area contributed by atoms with Crippen molar-refractivity contribution in [2.75, 3.05) is 0 Å².